The maximum absolute atomic E-state index is 14.7. The van der Waals surface area contributed by atoms with Crippen LogP contribution in [-0.2, 0) is 10.2 Å². The van der Waals surface area contributed by atoms with E-state index in [2.05, 4.69) is 26.8 Å². The SMILES string of the molecule is CC(C)(C)c1ccc([C@H]2C(C#N)=C(N)N(c3c(F)cccc3F)C3=C2C(=O)CCC3)s1. The van der Waals surface area contributed by atoms with Gasteiger partial charge in [-0.1, -0.05) is 26.8 Å². The highest BCUT2D eigenvalue weighted by atomic mass is 32.1. The van der Waals surface area contributed by atoms with E-state index in [1.165, 1.54) is 22.3 Å². The van der Waals surface area contributed by atoms with Crippen LogP contribution in [0.4, 0.5) is 14.5 Å². The van der Waals surface area contributed by atoms with Crippen molar-refractivity contribution in [3.63, 3.8) is 0 Å². The molecule has 0 spiro atoms. The molecule has 0 bridgehead atoms. The molecule has 0 saturated carbocycles. The number of nitrogens with zero attached hydrogens (tertiary/aromatic N) is 2. The molecule has 2 N–H and O–H groups in total. The number of carbonyl (C=O) groups is 1. The van der Waals surface area contributed by atoms with E-state index >= 15 is 0 Å². The Morgan fingerprint density at radius 2 is 1.84 bits per heavy atom. The summed E-state index contributed by atoms with van der Waals surface area (Å²) in [5, 5.41) is 10.0. The molecule has 1 aliphatic heterocycles. The molecule has 0 radical (unpaired) electrons. The lowest BCUT2D eigenvalue weighted by Crippen LogP contribution is -2.39. The summed E-state index contributed by atoms with van der Waals surface area (Å²) < 4.78 is 29.4. The fourth-order valence-corrected chi connectivity index (χ4v) is 5.43. The number of hydrogen-bond acceptors (Lipinski definition) is 5. The van der Waals surface area contributed by atoms with Gasteiger partial charge in [0.15, 0.2) is 5.78 Å². The molecule has 2 heterocycles. The summed E-state index contributed by atoms with van der Waals surface area (Å²) in [4.78, 5) is 16.3. The fraction of sp³-hybridized carbons (Fsp3) is 0.333. The molecule has 1 aliphatic carbocycles. The maximum atomic E-state index is 14.7. The highest BCUT2D eigenvalue weighted by Crippen LogP contribution is 2.49. The van der Waals surface area contributed by atoms with Crippen molar-refractivity contribution in [1.29, 1.82) is 5.26 Å². The molecule has 1 aromatic carbocycles. The predicted molar refractivity (Wildman–Crippen MR) is 117 cm³/mol. The quantitative estimate of drug-likeness (QED) is 0.658. The van der Waals surface area contributed by atoms with Crippen LogP contribution in [0.5, 0.6) is 0 Å². The van der Waals surface area contributed by atoms with Crippen molar-refractivity contribution >= 4 is 22.8 Å². The van der Waals surface area contributed by atoms with Crippen molar-refractivity contribution in [3.8, 4) is 6.07 Å². The Kier molecular flexibility index (Phi) is 5.22. The molecule has 0 fully saturated rings. The first-order valence-corrected chi connectivity index (χ1v) is 11.0. The number of ketones is 1. The number of anilines is 1. The number of nitrogens with two attached hydrogens (primary N) is 1. The van der Waals surface area contributed by atoms with Crippen LogP contribution in [0.25, 0.3) is 0 Å². The zero-order chi connectivity index (χ0) is 22.5. The molecule has 31 heavy (non-hydrogen) atoms. The largest absolute Gasteiger partial charge is 0.384 e. The third-order valence-corrected chi connectivity index (χ3v) is 7.30. The molecule has 7 heteroatoms. The van der Waals surface area contributed by atoms with Crippen molar-refractivity contribution in [3.05, 3.63) is 74.4 Å². The summed E-state index contributed by atoms with van der Waals surface area (Å²) in [7, 11) is 0. The topological polar surface area (TPSA) is 70.1 Å². The Hall–Kier alpha value is -2.98. The van der Waals surface area contributed by atoms with E-state index in [9.17, 15) is 18.8 Å². The van der Waals surface area contributed by atoms with Gasteiger partial charge in [-0.25, -0.2) is 8.78 Å². The van der Waals surface area contributed by atoms with Gasteiger partial charge in [-0.3, -0.25) is 9.69 Å². The molecule has 1 atom stereocenters. The molecule has 2 aromatic rings. The molecular weight excluding hydrogens is 416 g/mol. The first-order valence-electron chi connectivity index (χ1n) is 10.2. The van der Waals surface area contributed by atoms with Crippen molar-refractivity contribution in [1.82, 2.24) is 0 Å². The number of halogens is 2. The molecule has 1 aromatic heterocycles. The number of allylic oxidation sites excluding steroid dienone is 3. The van der Waals surface area contributed by atoms with Crippen LogP contribution >= 0.6 is 11.3 Å². The number of carbonyl (C=O) groups excluding carboxylic acids is 1. The van der Waals surface area contributed by atoms with Gasteiger partial charge in [-0.15, -0.1) is 11.3 Å². The van der Waals surface area contributed by atoms with Gasteiger partial charge in [-0.2, -0.15) is 5.26 Å². The minimum atomic E-state index is -0.797. The summed E-state index contributed by atoms with van der Waals surface area (Å²) >= 11 is 1.53. The number of benzene rings is 1. The highest BCUT2D eigenvalue weighted by Gasteiger charge is 2.42. The van der Waals surface area contributed by atoms with Crippen LogP contribution in [0.1, 0.15) is 55.7 Å². The average molecular weight is 440 g/mol. The zero-order valence-corrected chi connectivity index (χ0v) is 18.4. The summed E-state index contributed by atoms with van der Waals surface area (Å²) in [5.41, 5.74) is 6.98. The Morgan fingerprint density at radius 3 is 2.42 bits per heavy atom. The summed E-state index contributed by atoms with van der Waals surface area (Å²) in [6.45, 7) is 6.29. The van der Waals surface area contributed by atoms with Gasteiger partial charge >= 0.3 is 0 Å². The second kappa shape index (κ2) is 7.61. The van der Waals surface area contributed by atoms with Crippen LogP contribution in [0.15, 0.2) is 53.0 Å². The lowest BCUT2D eigenvalue weighted by atomic mass is 9.78. The molecular formula is C24H23F2N3OS. The maximum Gasteiger partial charge on any atom is 0.161 e. The number of rotatable bonds is 2. The number of para-hydroxylation sites is 1. The van der Waals surface area contributed by atoms with Gasteiger partial charge in [0.05, 0.1) is 17.6 Å². The van der Waals surface area contributed by atoms with Crippen LogP contribution in [0.3, 0.4) is 0 Å². The van der Waals surface area contributed by atoms with E-state index in [1.807, 2.05) is 12.1 Å². The molecule has 2 aliphatic rings. The number of hydrogen-bond donors (Lipinski definition) is 1. The van der Waals surface area contributed by atoms with Gasteiger partial charge in [0.2, 0.25) is 0 Å². The molecule has 0 unspecified atom stereocenters. The lowest BCUT2D eigenvalue weighted by Gasteiger charge is -2.39. The summed E-state index contributed by atoms with van der Waals surface area (Å²) in [6, 6.07) is 9.61. The van der Waals surface area contributed by atoms with Crippen LogP contribution in [-0.4, -0.2) is 5.78 Å². The normalized spacial score (nSPS) is 19.5. The third-order valence-electron chi connectivity index (χ3n) is 5.72. The van der Waals surface area contributed by atoms with E-state index in [0.717, 1.165) is 21.9 Å². The van der Waals surface area contributed by atoms with Crippen molar-refractivity contribution in [2.24, 2.45) is 5.73 Å². The van der Waals surface area contributed by atoms with E-state index < -0.39 is 17.6 Å². The van der Waals surface area contributed by atoms with Gasteiger partial charge in [-0.05, 0) is 42.5 Å². The minimum Gasteiger partial charge on any atom is -0.384 e. The van der Waals surface area contributed by atoms with E-state index in [0.29, 0.717) is 30.5 Å². The molecule has 0 saturated heterocycles. The molecule has 0 amide bonds. The molecule has 160 valence electrons. The van der Waals surface area contributed by atoms with E-state index in [-0.39, 0.29) is 28.3 Å². The van der Waals surface area contributed by atoms with E-state index in [1.54, 1.807) is 0 Å². The smallest absolute Gasteiger partial charge is 0.161 e. The average Bonchev–Trinajstić information content (AvgIpc) is 3.19. The Labute approximate surface area is 184 Å². The van der Waals surface area contributed by atoms with Gasteiger partial charge < -0.3 is 5.73 Å². The fourth-order valence-electron chi connectivity index (χ4n) is 4.24. The van der Waals surface area contributed by atoms with Gasteiger partial charge in [0.1, 0.15) is 23.1 Å². The van der Waals surface area contributed by atoms with Gasteiger partial charge in [0.25, 0.3) is 0 Å². The Bertz CT molecular complexity index is 1160. The molecule has 4 rings (SSSR count). The van der Waals surface area contributed by atoms with Crippen molar-refractivity contribution < 1.29 is 13.6 Å². The summed E-state index contributed by atoms with van der Waals surface area (Å²) in [5.74, 6) is -2.36. The van der Waals surface area contributed by atoms with Crippen LogP contribution in [0.2, 0.25) is 0 Å². The van der Waals surface area contributed by atoms with Gasteiger partial charge in [0, 0.05) is 27.4 Å². The standard InChI is InChI=1S/C24H23F2N3OS/c1-24(2,3)19-11-10-18(31-19)20-13(12-27)23(28)29(16-8-5-9-17(30)21(16)20)22-14(25)6-4-7-15(22)26/h4,6-7,10-11,20H,5,8-9,28H2,1-3H3/t20-/m1/s1. The van der Waals surface area contributed by atoms with Crippen molar-refractivity contribution in [2.75, 3.05) is 4.90 Å². The minimum absolute atomic E-state index is 0.0318. The second-order valence-corrected chi connectivity index (χ2v) is 9.95. The highest BCUT2D eigenvalue weighted by molar-refractivity contribution is 7.12. The summed E-state index contributed by atoms with van der Waals surface area (Å²) in [6.07, 6.45) is 1.34. The Balaban J connectivity index is 1.98. The number of thiophene rings is 1. The van der Waals surface area contributed by atoms with E-state index in [4.69, 9.17) is 5.73 Å². The monoisotopic (exact) mass is 439 g/mol. The Morgan fingerprint density at radius 1 is 1.16 bits per heavy atom. The van der Waals surface area contributed by atoms with Crippen LogP contribution < -0.4 is 10.6 Å². The van der Waals surface area contributed by atoms with Crippen molar-refractivity contribution in [2.45, 2.75) is 51.4 Å². The van der Waals surface area contributed by atoms with Crippen LogP contribution in [0, 0.1) is 23.0 Å². The zero-order valence-electron chi connectivity index (χ0n) is 17.6. The number of nitriles is 1. The lowest BCUT2D eigenvalue weighted by molar-refractivity contribution is -0.116. The second-order valence-electron chi connectivity index (χ2n) is 8.84. The number of Topliss-reactive ketones (excluding diaryl/α,β-unsaturated/α-hetero) is 1. The first kappa shape index (κ1) is 21.3. The first-order chi connectivity index (χ1) is 14.6. The third kappa shape index (κ3) is 3.45. The predicted octanol–water partition coefficient (Wildman–Crippen LogP) is 5.63. The molecule has 4 nitrogen and oxygen atoms in total.